The number of methoxy groups -OCH3 is 1. The van der Waals surface area contributed by atoms with E-state index >= 15 is 0 Å². The SMILES string of the molecule is CCOc1ccc(Cl)cc1S(=O)(=O)N1CCC(C(=O)Nc2ccccc2OC)CC1. The zero-order valence-corrected chi connectivity index (χ0v) is 18.5. The van der Waals surface area contributed by atoms with Crippen LogP contribution in [0, 0.1) is 5.92 Å². The Labute approximate surface area is 182 Å². The summed E-state index contributed by atoms with van der Waals surface area (Å²) in [4.78, 5) is 12.7. The number of carbonyl (C=O) groups excluding carboxylic acids is 1. The van der Waals surface area contributed by atoms with Gasteiger partial charge < -0.3 is 14.8 Å². The minimum Gasteiger partial charge on any atom is -0.495 e. The van der Waals surface area contributed by atoms with E-state index in [2.05, 4.69) is 5.32 Å². The summed E-state index contributed by atoms with van der Waals surface area (Å²) >= 11 is 6.03. The van der Waals surface area contributed by atoms with E-state index in [1.165, 1.54) is 10.4 Å². The van der Waals surface area contributed by atoms with Crippen LogP contribution >= 0.6 is 11.6 Å². The summed E-state index contributed by atoms with van der Waals surface area (Å²) in [6.07, 6.45) is 0.843. The van der Waals surface area contributed by atoms with Crippen LogP contribution in [0.5, 0.6) is 11.5 Å². The lowest BCUT2D eigenvalue weighted by Gasteiger charge is -2.31. The van der Waals surface area contributed by atoms with Crippen molar-refractivity contribution in [1.29, 1.82) is 0 Å². The Balaban J connectivity index is 1.69. The first-order valence-corrected chi connectivity index (χ1v) is 11.5. The minimum atomic E-state index is -3.78. The first-order chi connectivity index (χ1) is 14.4. The molecule has 0 aliphatic carbocycles. The second kappa shape index (κ2) is 9.68. The predicted molar refractivity (Wildman–Crippen MR) is 116 cm³/mol. The van der Waals surface area contributed by atoms with Gasteiger partial charge in [0.05, 0.1) is 19.4 Å². The van der Waals surface area contributed by atoms with E-state index in [1.54, 1.807) is 38.3 Å². The van der Waals surface area contributed by atoms with Gasteiger partial charge in [-0.15, -0.1) is 0 Å². The molecule has 0 unspecified atom stereocenters. The maximum atomic E-state index is 13.2. The van der Waals surface area contributed by atoms with Crippen LogP contribution in [-0.2, 0) is 14.8 Å². The Morgan fingerprint density at radius 3 is 2.53 bits per heavy atom. The van der Waals surface area contributed by atoms with Gasteiger partial charge in [-0.3, -0.25) is 4.79 Å². The molecule has 3 rings (SSSR count). The van der Waals surface area contributed by atoms with Gasteiger partial charge in [-0.05, 0) is 50.1 Å². The highest BCUT2D eigenvalue weighted by molar-refractivity contribution is 7.89. The van der Waals surface area contributed by atoms with Crippen molar-refractivity contribution in [3.63, 3.8) is 0 Å². The first kappa shape index (κ1) is 22.4. The summed E-state index contributed by atoms with van der Waals surface area (Å²) in [6, 6.07) is 11.7. The lowest BCUT2D eigenvalue weighted by atomic mass is 9.97. The number of carbonyl (C=O) groups is 1. The summed E-state index contributed by atoms with van der Waals surface area (Å²) in [5.41, 5.74) is 0.598. The van der Waals surface area contributed by atoms with Crippen molar-refractivity contribution >= 4 is 33.2 Å². The van der Waals surface area contributed by atoms with Gasteiger partial charge >= 0.3 is 0 Å². The molecule has 0 radical (unpaired) electrons. The second-order valence-corrected chi connectivity index (χ2v) is 9.23. The van der Waals surface area contributed by atoms with Crippen LogP contribution in [-0.4, -0.2) is 45.4 Å². The van der Waals surface area contributed by atoms with Crippen molar-refractivity contribution in [1.82, 2.24) is 4.31 Å². The summed E-state index contributed by atoms with van der Waals surface area (Å²) in [7, 11) is -2.24. The fraction of sp³-hybridized carbons (Fsp3) is 0.381. The molecule has 1 heterocycles. The van der Waals surface area contributed by atoms with Crippen LogP contribution in [0.15, 0.2) is 47.4 Å². The molecule has 2 aromatic carbocycles. The maximum absolute atomic E-state index is 13.2. The van der Waals surface area contributed by atoms with Crippen LogP contribution in [0.4, 0.5) is 5.69 Å². The highest BCUT2D eigenvalue weighted by atomic mass is 35.5. The molecule has 1 amide bonds. The third-order valence-corrected chi connectivity index (χ3v) is 7.17. The first-order valence-electron chi connectivity index (χ1n) is 9.73. The lowest BCUT2D eigenvalue weighted by molar-refractivity contribution is -0.120. The molecular weight excluding hydrogens is 428 g/mol. The van der Waals surface area contributed by atoms with Crippen molar-refractivity contribution in [2.75, 3.05) is 32.1 Å². The number of sulfonamides is 1. The van der Waals surface area contributed by atoms with Crippen molar-refractivity contribution in [2.45, 2.75) is 24.7 Å². The molecule has 0 spiro atoms. The summed E-state index contributed by atoms with van der Waals surface area (Å²) < 4.78 is 38.4. The topological polar surface area (TPSA) is 84.9 Å². The molecule has 162 valence electrons. The van der Waals surface area contributed by atoms with E-state index in [0.29, 0.717) is 35.9 Å². The molecule has 30 heavy (non-hydrogen) atoms. The standard InChI is InChI=1S/C21H25ClN2O5S/c1-3-29-19-9-8-16(22)14-20(19)30(26,27)24-12-10-15(11-13-24)21(25)23-17-6-4-5-7-18(17)28-2/h4-9,14-15H,3,10-13H2,1-2H3,(H,23,25). The highest BCUT2D eigenvalue weighted by Crippen LogP contribution is 2.32. The number of nitrogens with one attached hydrogen (secondary N) is 1. The van der Waals surface area contributed by atoms with Crippen molar-refractivity contribution in [3.8, 4) is 11.5 Å². The normalized spacial score (nSPS) is 15.6. The summed E-state index contributed by atoms with van der Waals surface area (Å²) in [5, 5.41) is 3.20. The Kier molecular flexibility index (Phi) is 7.23. The zero-order valence-electron chi connectivity index (χ0n) is 16.9. The average Bonchev–Trinajstić information content (AvgIpc) is 2.75. The number of para-hydroxylation sites is 2. The number of hydrogen-bond donors (Lipinski definition) is 1. The molecule has 1 N–H and O–H groups in total. The van der Waals surface area contributed by atoms with Crippen LogP contribution in [0.25, 0.3) is 0 Å². The van der Waals surface area contributed by atoms with Gasteiger partial charge in [0.15, 0.2) is 0 Å². The third-order valence-electron chi connectivity index (χ3n) is 5.01. The molecule has 1 saturated heterocycles. The molecule has 1 aliphatic heterocycles. The van der Waals surface area contributed by atoms with E-state index in [0.717, 1.165) is 0 Å². The van der Waals surface area contributed by atoms with Gasteiger partial charge in [-0.1, -0.05) is 23.7 Å². The molecule has 7 nitrogen and oxygen atoms in total. The molecular formula is C21H25ClN2O5S. The number of rotatable bonds is 7. The van der Waals surface area contributed by atoms with Crippen LogP contribution in [0.2, 0.25) is 5.02 Å². The van der Waals surface area contributed by atoms with Gasteiger partial charge in [-0.25, -0.2) is 8.42 Å². The molecule has 2 aromatic rings. The molecule has 0 saturated carbocycles. The van der Waals surface area contributed by atoms with Gasteiger partial charge in [0.2, 0.25) is 15.9 Å². The maximum Gasteiger partial charge on any atom is 0.246 e. The summed E-state index contributed by atoms with van der Waals surface area (Å²) in [6.45, 7) is 2.61. The van der Waals surface area contributed by atoms with E-state index in [-0.39, 0.29) is 35.6 Å². The molecule has 0 aromatic heterocycles. The van der Waals surface area contributed by atoms with Crippen LogP contribution in [0.3, 0.4) is 0 Å². The quantitative estimate of drug-likeness (QED) is 0.690. The fourth-order valence-corrected chi connectivity index (χ4v) is 5.30. The van der Waals surface area contributed by atoms with E-state index in [1.807, 2.05) is 12.1 Å². The molecule has 9 heteroatoms. The monoisotopic (exact) mass is 452 g/mol. The molecule has 0 bridgehead atoms. The van der Waals surface area contributed by atoms with E-state index in [4.69, 9.17) is 21.1 Å². The van der Waals surface area contributed by atoms with Crippen molar-refractivity contribution in [2.24, 2.45) is 5.92 Å². The van der Waals surface area contributed by atoms with Crippen molar-refractivity contribution in [3.05, 3.63) is 47.5 Å². The molecule has 0 atom stereocenters. The van der Waals surface area contributed by atoms with E-state index < -0.39 is 10.0 Å². The minimum absolute atomic E-state index is 0.0498. The Hall–Kier alpha value is -2.29. The number of piperidine rings is 1. The van der Waals surface area contributed by atoms with Gasteiger partial charge in [-0.2, -0.15) is 4.31 Å². The Morgan fingerprint density at radius 1 is 1.17 bits per heavy atom. The number of hydrogen-bond acceptors (Lipinski definition) is 5. The van der Waals surface area contributed by atoms with Crippen LogP contribution in [0.1, 0.15) is 19.8 Å². The summed E-state index contributed by atoms with van der Waals surface area (Å²) in [5.74, 6) is 0.426. The predicted octanol–water partition coefficient (Wildman–Crippen LogP) is 3.79. The molecule has 1 aliphatic rings. The number of nitrogens with zero attached hydrogens (tertiary/aromatic N) is 1. The highest BCUT2D eigenvalue weighted by Gasteiger charge is 2.34. The Bertz CT molecular complexity index is 1000. The number of ether oxygens (including phenoxy) is 2. The largest absolute Gasteiger partial charge is 0.495 e. The smallest absolute Gasteiger partial charge is 0.246 e. The molecule has 1 fully saturated rings. The zero-order chi connectivity index (χ0) is 21.7. The van der Waals surface area contributed by atoms with Crippen LogP contribution < -0.4 is 14.8 Å². The second-order valence-electron chi connectivity index (χ2n) is 6.89. The lowest BCUT2D eigenvalue weighted by Crippen LogP contribution is -2.41. The van der Waals surface area contributed by atoms with Crippen molar-refractivity contribution < 1.29 is 22.7 Å². The third kappa shape index (κ3) is 4.88. The fourth-order valence-electron chi connectivity index (χ4n) is 3.44. The number of halogens is 1. The number of anilines is 1. The Morgan fingerprint density at radius 2 is 1.87 bits per heavy atom. The van der Waals surface area contributed by atoms with E-state index in [9.17, 15) is 13.2 Å². The average molecular weight is 453 g/mol. The van der Waals surface area contributed by atoms with Gasteiger partial charge in [0.25, 0.3) is 0 Å². The van der Waals surface area contributed by atoms with Gasteiger partial charge in [0.1, 0.15) is 16.4 Å². The number of amides is 1. The van der Waals surface area contributed by atoms with Gasteiger partial charge in [0, 0.05) is 24.0 Å². The number of benzene rings is 2.